The van der Waals surface area contributed by atoms with Gasteiger partial charge in [-0.2, -0.15) is 10.1 Å². The van der Waals surface area contributed by atoms with Crippen LogP contribution < -0.4 is 15.5 Å². The number of hydrogen-bond donors (Lipinski definition) is 3. The number of aromatic nitrogens is 4. The first-order chi connectivity index (χ1) is 15.0. The van der Waals surface area contributed by atoms with Crippen LogP contribution in [0.5, 0.6) is 11.5 Å². The number of phenols is 1. The lowest BCUT2D eigenvalue weighted by molar-refractivity contribution is -0.385. The number of ether oxygens (including phenoxy) is 1. The van der Waals surface area contributed by atoms with E-state index in [0.717, 1.165) is 0 Å². The number of phenolic OH excluding ortho intramolecular Hbond substituents is 1. The molecule has 2 heterocycles. The largest absolute Gasteiger partial charge is 0.502 e. The maximum absolute atomic E-state index is 11.0. The van der Waals surface area contributed by atoms with Crippen LogP contribution in [0.3, 0.4) is 0 Å². The van der Waals surface area contributed by atoms with Gasteiger partial charge in [0.2, 0.25) is 17.0 Å². The topological polar surface area (TPSA) is 174 Å². The second-order valence-corrected chi connectivity index (χ2v) is 6.03. The number of fused-ring (bicyclic) bond motifs is 1. The zero-order valence-electron chi connectivity index (χ0n) is 15.9. The summed E-state index contributed by atoms with van der Waals surface area (Å²) in [6.45, 7) is 0. The maximum Gasteiger partial charge on any atom is 0.311 e. The van der Waals surface area contributed by atoms with E-state index in [-0.39, 0.29) is 28.5 Å². The fourth-order valence-corrected chi connectivity index (χ4v) is 2.58. The Morgan fingerprint density at radius 2 is 1.84 bits per heavy atom. The molecule has 0 spiro atoms. The van der Waals surface area contributed by atoms with E-state index in [9.17, 15) is 15.2 Å². The highest BCUT2D eigenvalue weighted by Crippen LogP contribution is 2.28. The first-order valence-electron chi connectivity index (χ1n) is 8.72. The standard InChI is InChI=1S/C18H14N8O5/c1-30-12-7-5-11(6-8-12)20-15-16(22-18-17(21-15)24-31-25-18)23-19-9-10-3-2-4-13(14(10)27)26(28)29/h2-9,27H,1H3,(H,20,21,24)(H,22,23,25). The minimum Gasteiger partial charge on any atom is -0.502 e. The maximum atomic E-state index is 11.0. The summed E-state index contributed by atoms with van der Waals surface area (Å²) in [5.41, 5.74) is 3.41. The van der Waals surface area contributed by atoms with Gasteiger partial charge in [-0.1, -0.05) is 6.07 Å². The number of nitrogens with zero attached hydrogens (tertiary/aromatic N) is 6. The number of benzene rings is 2. The quantitative estimate of drug-likeness (QED) is 0.227. The van der Waals surface area contributed by atoms with Crippen molar-refractivity contribution in [2.45, 2.75) is 0 Å². The Balaban J connectivity index is 1.62. The lowest BCUT2D eigenvalue weighted by Crippen LogP contribution is -2.03. The van der Waals surface area contributed by atoms with Gasteiger partial charge in [0, 0.05) is 17.3 Å². The minimum absolute atomic E-state index is 0.142. The van der Waals surface area contributed by atoms with Gasteiger partial charge in [0.15, 0.2) is 11.6 Å². The molecule has 0 saturated carbocycles. The summed E-state index contributed by atoms with van der Waals surface area (Å²) in [5.74, 6) is 0.637. The molecule has 0 aliphatic carbocycles. The Morgan fingerprint density at radius 1 is 1.13 bits per heavy atom. The van der Waals surface area contributed by atoms with Crippen molar-refractivity contribution in [1.82, 2.24) is 20.3 Å². The predicted molar refractivity (Wildman–Crippen MR) is 110 cm³/mol. The smallest absolute Gasteiger partial charge is 0.311 e. The van der Waals surface area contributed by atoms with E-state index in [0.29, 0.717) is 11.4 Å². The molecule has 0 fully saturated rings. The van der Waals surface area contributed by atoms with Gasteiger partial charge >= 0.3 is 5.69 Å². The fourth-order valence-electron chi connectivity index (χ4n) is 2.58. The third-order valence-electron chi connectivity index (χ3n) is 4.08. The third kappa shape index (κ3) is 4.14. The molecule has 2 aromatic heterocycles. The van der Waals surface area contributed by atoms with E-state index in [1.807, 2.05) is 0 Å². The average Bonchev–Trinajstić information content (AvgIpc) is 3.22. The molecular formula is C18H14N8O5. The average molecular weight is 422 g/mol. The Morgan fingerprint density at radius 3 is 2.52 bits per heavy atom. The number of hydrazone groups is 1. The van der Waals surface area contributed by atoms with Crippen molar-refractivity contribution < 1.29 is 19.4 Å². The molecule has 0 saturated heterocycles. The van der Waals surface area contributed by atoms with Crippen molar-refractivity contribution in [3.8, 4) is 11.5 Å². The molecule has 0 unspecified atom stereocenters. The van der Waals surface area contributed by atoms with Gasteiger partial charge in [-0.3, -0.25) is 15.5 Å². The molecule has 13 nitrogen and oxygen atoms in total. The zero-order valence-corrected chi connectivity index (χ0v) is 15.9. The van der Waals surface area contributed by atoms with Crippen molar-refractivity contribution in [2.75, 3.05) is 17.9 Å². The molecule has 0 bridgehead atoms. The van der Waals surface area contributed by atoms with Crippen LogP contribution in [-0.4, -0.2) is 43.6 Å². The Bertz CT molecular complexity index is 1270. The molecule has 0 aliphatic rings. The van der Waals surface area contributed by atoms with E-state index in [1.54, 1.807) is 31.4 Å². The SMILES string of the molecule is COc1ccc(Nc2nc3nonc3nc2NN=Cc2cccc([N+](=O)[O-])c2O)cc1. The Hall–Kier alpha value is -4.81. The lowest BCUT2D eigenvalue weighted by Gasteiger charge is -2.10. The Kier molecular flexibility index (Phi) is 5.21. The summed E-state index contributed by atoms with van der Waals surface area (Å²) in [4.78, 5) is 18.8. The van der Waals surface area contributed by atoms with Gasteiger partial charge in [0.05, 0.1) is 18.2 Å². The normalized spacial score (nSPS) is 11.0. The van der Waals surface area contributed by atoms with Crippen LogP contribution in [0.25, 0.3) is 11.3 Å². The monoisotopic (exact) mass is 422 g/mol. The minimum atomic E-state index is -0.687. The number of nitrogens with one attached hydrogen (secondary N) is 2. The highest BCUT2D eigenvalue weighted by molar-refractivity contribution is 5.86. The second-order valence-electron chi connectivity index (χ2n) is 6.03. The van der Waals surface area contributed by atoms with Crippen LogP contribution in [0.1, 0.15) is 5.56 Å². The molecule has 2 aromatic carbocycles. The molecule has 4 aromatic rings. The van der Waals surface area contributed by atoms with E-state index in [2.05, 4.69) is 40.8 Å². The molecule has 0 amide bonds. The number of aromatic hydroxyl groups is 1. The van der Waals surface area contributed by atoms with Gasteiger partial charge < -0.3 is 15.2 Å². The van der Waals surface area contributed by atoms with E-state index < -0.39 is 16.4 Å². The summed E-state index contributed by atoms with van der Waals surface area (Å²) in [5, 5.41) is 35.4. The molecule has 3 N–H and O–H groups in total. The summed E-state index contributed by atoms with van der Waals surface area (Å²) in [7, 11) is 1.57. The van der Waals surface area contributed by atoms with Gasteiger partial charge in [-0.15, -0.1) is 0 Å². The molecule has 0 aliphatic heterocycles. The summed E-state index contributed by atoms with van der Waals surface area (Å²) < 4.78 is 9.79. The van der Waals surface area contributed by atoms with Gasteiger partial charge in [-0.05, 0) is 40.6 Å². The summed E-state index contributed by atoms with van der Waals surface area (Å²) in [6.07, 6.45) is 1.21. The lowest BCUT2D eigenvalue weighted by atomic mass is 10.2. The second kappa shape index (κ2) is 8.28. The number of methoxy groups -OCH3 is 1. The van der Waals surface area contributed by atoms with Crippen LogP contribution >= 0.6 is 0 Å². The van der Waals surface area contributed by atoms with Crippen molar-refractivity contribution in [3.63, 3.8) is 0 Å². The van der Waals surface area contributed by atoms with Crippen LogP contribution in [0.15, 0.2) is 52.2 Å². The van der Waals surface area contributed by atoms with Crippen LogP contribution in [0.4, 0.5) is 23.0 Å². The molecule has 31 heavy (non-hydrogen) atoms. The number of nitro groups is 1. The number of rotatable bonds is 7. The van der Waals surface area contributed by atoms with Gasteiger partial charge in [-0.25, -0.2) is 9.61 Å². The molecule has 0 radical (unpaired) electrons. The number of hydrogen-bond acceptors (Lipinski definition) is 12. The van der Waals surface area contributed by atoms with Gasteiger partial charge in [0.25, 0.3) is 0 Å². The summed E-state index contributed by atoms with van der Waals surface area (Å²) >= 11 is 0. The van der Waals surface area contributed by atoms with Crippen molar-refractivity contribution >= 4 is 40.5 Å². The number of para-hydroxylation sites is 1. The highest BCUT2D eigenvalue weighted by Gasteiger charge is 2.16. The molecule has 13 heteroatoms. The van der Waals surface area contributed by atoms with E-state index in [4.69, 9.17) is 4.74 Å². The number of nitro benzene ring substituents is 1. The van der Waals surface area contributed by atoms with E-state index >= 15 is 0 Å². The van der Waals surface area contributed by atoms with Crippen LogP contribution in [-0.2, 0) is 0 Å². The fraction of sp³-hybridized carbons (Fsp3) is 0.0556. The predicted octanol–water partition coefficient (Wildman–Crippen LogP) is 2.82. The van der Waals surface area contributed by atoms with Crippen LogP contribution in [0.2, 0.25) is 0 Å². The van der Waals surface area contributed by atoms with Crippen molar-refractivity contribution in [3.05, 3.63) is 58.1 Å². The van der Waals surface area contributed by atoms with Crippen molar-refractivity contribution in [1.29, 1.82) is 0 Å². The van der Waals surface area contributed by atoms with Crippen LogP contribution in [0, 0.1) is 10.1 Å². The zero-order chi connectivity index (χ0) is 21.8. The molecule has 156 valence electrons. The third-order valence-corrected chi connectivity index (χ3v) is 4.08. The molecule has 0 atom stereocenters. The first-order valence-corrected chi connectivity index (χ1v) is 8.72. The number of anilines is 3. The van der Waals surface area contributed by atoms with Gasteiger partial charge in [0.1, 0.15) is 5.75 Å². The van der Waals surface area contributed by atoms with E-state index in [1.165, 1.54) is 24.4 Å². The highest BCUT2D eigenvalue weighted by atomic mass is 16.6. The van der Waals surface area contributed by atoms with Crippen molar-refractivity contribution in [2.24, 2.45) is 5.10 Å². The first kappa shape index (κ1) is 19.5. The Labute approximate surface area is 173 Å². The molecule has 4 rings (SSSR count). The summed E-state index contributed by atoms with van der Waals surface area (Å²) in [6, 6.07) is 11.2. The molecular weight excluding hydrogens is 408 g/mol.